The fourth-order valence-corrected chi connectivity index (χ4v) is 1.03. The first-order chi connectivity index (χ1) is 6.24. The predicted octanol–water partition coefficient (Wildman–Crippen LogP) is 1.87. The molecule has 0 radical (unpaired) electrons. The average Bonchev–Trinajstić information content (AvgIpc) is 2.19. The molecule has 0 fully saturated rings. The minimum Gasteiger partial charge on any atom is -0.384 e. The van der Waals surface area contributed by atoms with Crippen LogP contribution in [-0.4, -0.2) is 11.4 Å². The molecular formula is C11H12O2. The first kappa shape index (κ1) is 9.68. The molecule has 68 valence electrons. The maximum atomic E-state index is 10.3. The molecular weight excluding hydrogens is 164 g/mol. The largest absolute Gasteiger partial charge is 0.384 e. The van der Waals surface area contributed by atoms with Gasteiger partial charge in [-0.25, -0.2) is 0 Å². The normalized spacial score (nSPS) is 13.8. The minimum absolute atomic E-state index is 0.538. The minimum atomic E-state index is -0.689. The van der Waals surface area contributed by atoms with E-state index in [9.17, 15) is 9.90 Å². The summed E-state index contributed by atoms with van der Waals surface area (Å²) in [7, 11) is 0. The second kappa shape index (κ2) is 4.58. The second-order valence-corrected chi connectivity index (χ2v) is 2.88. The summed E-state index contributed by atoms with van der Waals surface area (Å²) in [6, 6.07) is 9.22. The molecule has 0 aliphatic heterocycles. The Labute approximate surface area is 77.5 Å². The van der Waals surface area contributed by atoms with E-state index in [1.165, 1.54) is 6.08 Å². The summed E-state index contributed by atoms with van der Waals surface area (Å²) >= 11 is 0. The third kappa shape index (κ3) is 2.84. The summed E-state index contributed by atoms with van der Waals surface area (Å²) in [5.74, 6) is 0. The molecule has 0 bridgehead atoms. The molecule has 0 aliphatic rings. The van der Waals surface area contributed by atoms with E-state index in [1.807, 2.05) is 30.3 Å². The maximum Gasteiger partial charge on any atom is 0.145 e. The molecule has 1 aromatic rings. The lowest BCUT2D eigenvalue weighted by Crippen LogP contribution is -1.94. The number of aliphatic hydroxyl groups excluding tert-OH is 1. The molecule has 0 amide bonds. The van der Waals surface area contributed by atoms with E-state index in [-0.39, 0.29) is 0 Å². The number of carbonyl (C=O) groups is 1. The molecule has 0 saturated heterocycles. The highest BCUT2D eigenvalue weighted by molar-refractivity contribution is 5.72. The fourth-order valence-electron chi connectivity index (χ4n) is 1.03. The molecule has 2 nitrogen and oxygen atoms in total. The van der Waals surface area contributed by atoms with Gasteiger partial charge in [-0.3, -0.25) is 4.79 Å². The van der Waals surface area contributed by atoms with Crippen LogP contribution < -0.4 is 0 Å². The van der Waals surface area contributed by atoms with Crippen LogP contribution >= 0.6 is 0 Å². The molecule has 1 unspecified atom stereocenters. The van der Waals surface area contributed by atoms with E-state index in [2.05, 4.69) is 0 Å². The highest BCUT2D eigenvalue weighted by Gasteiger charge is 2.02. The summed E-state index contributed by atoms with van der Waals surface area (Å²) in [5.41, 5.74) is 1.33. The molecule has 1 atom stereocenters. The molecule has 0 heterocycles. The van der Waals surface area contributed by atoms with Gasteiger partial charge in [0.25, 0.3) is 0 Å². The highest BCUT2D eigenvalue weighted by Crippen LogP contribution is 2.14. The molecule has 1 aromatic carbocycles. The van der Waals surface area contributed by atoms with Gasteiger partial charge in [-0.15, -0.1) is 0 Å². The van der Waals surface area contributed by atoms with Crippen molar-refractivity contribution in [2.24, 2.45) is 0 Å². The molecule has 0 aromatic heterocycles. The van der Waals surface area contributed by atoms with Crippen molar-refractivity contribution in [1.82, 2.24) is 0 Å². The summed E-state index contributed by atoms with van der Waals surface area (Å²) < 4.78 is 0. The number of allylic oxidation sites excluding steroid dienone is 1. The van der Waals surface area contributed by atoms with Gasteiger partial charge in [0.15, 0.2) is 0 Å². The van der Waals surface area contributed by atoms with Crippen molar-refractivity contribution in [2.45, 2.75) is 13.0 Å². The Morgan fingerprint density at radius 2 is 2.00 bits per heavy atom. The summed E-state index contributed by atoms with van der Waals surface area (Å²) in [5, 5.41) is 9.59. The van der Waals surface area contributed by atoms with Crippen LogP contribution in [0.4, 0.5) is 0 Å². The Balaban J connectivity index is 2.80. The van der Waals surface area contributed by atoms with Crippen molar-refractivity contribution in [1.29, 1.82) is 0 Å². The summed E-state index contributed by atoms with van der Waals surface area (Å²) in [6.45, 7) is 1.67. The van der Waals surface area contributed by atoms with E-state index in [0.29, 0.717) is 5.57 Å². The van der Waals surface area contributed by atoms with Crippen LogP contribution in [-0.2, 0) is 4.79 Å². The molecule has 1 N–H and O–H groups in total. The van der Waals surface area contributed by atoms with Gasteiger partial charge in [-0.2, -0.15) is 0 Å². The number of carbonyl (C=O) groups excluding carboxylic acids is 1. The molecule has 0 spiro atoms. The molecule has 0 aliphatic carbocycles. The van der Waals surface area contributed by atoms with Gasteiger partial charge in [0, 0.05) is 0 Å². The quantitative estimate of drug-likeness (QED) is 0.564. The molecule has 13 heavy (non-hydrogen) atoms. The van der Waals surface area contributed by atoms with E-state index in [4.69, 9.17) is 0 Å². The van der Waals surface area contributed by atoms with Crippen LogP contribution in [0.25, 0.3) is 0 Å². The average molecular weight is 176 g/mol. The van der Waals surface area contributed by atoms with Crippen molar-refractivity contribution in [3.8, 4) is 0 Å². The van der Waals surface area contributed by atoms with E-state index in [1.54, 1.807) is 6.92 Å². The maximum absolute atomic E-state index is 10.3. The van der Waals surface area contributed by atoms with Crippen molar-refractivity contribution in [3.63, 3.8) is 0 Å². The van der Waals surface area contributed by atoms with Crippen molar-refractivity contribution in [2.75, 3.05) is 0 Å². The van der Waals surface area contributed by atoms with Crippen LogP contribution in [0.1, 0.15) is 18.6 Å². The van der Waals surface area contributed by atoms with E-state index >= 15 is 0 Å². The lowest BCUT2D eigenvalue weighted by atomic mass is 10.1. The molecule has 1 rings (SSSR count). The SMILES string of the molecule is C/C(C=O)=C/C(O)c1ccccc1. The van der Waals surface area contributed by atoms with Gasteiger partial charge in [-0.1, -0.05) is 30.3 Å². The number of aliphatic hydroxyl groups is 1. The van der Waals surface area contributed by atoms with Gasteiger partial charge in [0.1, 0.15) is 6.29 Å². The second-order valence-electron chi connectivity index (χ2n) is 2.88. The van der Waals surface area contributed by atoms with E-state index in [0.717, 1.165) is 11.8 Å². The Morgan fingerprint density at radius 1 is 1.38 bits per heavy atom. The first-order valence-electron chi connectivity index (χ1n) is 4.10. The lowest BCUT2D eigenvalue weighted by molar-refractivity contribution is -0.104. The van der Waals surface area contributed by atoms with Crippen LogP contribution in [0.3, 0.4) is 0 Å². The third-order valence-corrected chi connectivity index (χ3v) is 1.75. The predicted molar refractivity (Wildman–Crippen MR) is 51.2 cm³/mol. The number of hydrogen-bond donors (Lipinski definition) is 1. The Kier molecular flexibility index (Phi) is 3.41. The monoisotopic (exact) mass is 176 g/mol. The zero-order valence-electron chi connectivity index (χ0n) is 7.47. The number of rotatable bonds is 3. The third-order valence-electron chi connectivity index (χ3n) is 1.75. The molecule has 0 saturated carbocycles. The van der Waals surface area contributed by atoms with Crippen LogP contribution in [0.2, 0.25) is 0 Å². The van der Waals surface area contributed by atoms with Crippen LogP contribution in [0.15, 0.2) is 42.0 Å². The zero-order chi connectivity index (χ0) is 9.68. The zero-order valence-corrected chi connectivity index (χ0v) is 7.47. The number of benzene rings is 1. The Hall–Kier alpha value is -1.41. The Morgan fingerprint density at radius 3 is 2.54 bits per heavy atom. The first-order valence-corrected chi connectivity index (χ1v) is 4.10. The van der Waals surface area contributed by atoms with Crippen molar-refractivity contribution in [3.05, 3.63) is 47.5 Å². The van der Waals surface area contributed by atoms with Gasteiger partial charge in [0.2, 0.25) is 0 Å². The fraction of sp³-hybridized carbons (Fsp3) is 0.182. The van der Waals surface area contributed by atoms with Gasteiger partial charge in [0.05, 0.1) is 6.10 Å². The van der Waals surface area contributed by atoms with Gasteiger partial charge < -0.3 is 5.11 Å². The number of aldehydes is 1. The van der Waals surface area contributed by atoms with Crippen molar-refractivity contribution < 1.29 is 9.90 Å². The number of hydrogen-bond acceptors (Lipinski definition) is 2. The summed E-state index contributed by atoms with van der Waals surface area (Å²) in [6.07, 6.45) is 1.57. The van der Waals surface area contributed by atoms with Gasteiger partial charge in [-0.05, 0) is 24.1 Å². The standard InChI is InChI=1S/C11H12O2/c1-9(8-12)7-11(13)10-5-3-2-4-6-10/h2-8,11,13H,1H3/b9-7-. The topological polar surface area (TPSA) is 37.3 Å². The lowest BCUT2D eigenvalue weighted by Gasteiger charge is -2.05. The highest BCUT2D eigenvalue weighted by atomic mass is 16.3. The van der Waals surface area contributed by atoms with Gasteiger partial charge >= 0.3 is 0 Å². The smallest absolute Gasteiger partial charge is 0.145 e. The van der Waals surface area contributed by atoms with Crippen molar-refractivity contribution >= 4 is 6.29 Å². The van der Waals surface area contributed by atoms with Crippen LogP contribution in [0.5, 0.6) is 0 Å². The van der Waals surface area contributed by atoms with Crippen LogP contribution in [0, 0.1) is 0 Å². The summed E-state index contributed by atoms with van der Waals surface area (Å²) in [4.78, 5) is 10.3. The molecule has 2 heteroatoms. The Bertz CT molecular complexity index is 301. The van der Waals surface area contributed by atoms with E-state index < -0.39 is 6.10 Å².